The zero-order valence-corrected chi connectivity index (χ0v) is 12.9. The summed E-state index contributed by atoms with van der Waals surface area (Å²) in [7, 11) is 0. The van der Waals surface area contributed by atoms with Gasteiger partial charge in [0.05, 0.1) is 0 Å². The van der Waals surface area contributed by atoms with Crippen molar-refractivity contribution in [3.63, 3.8) is 0 Å². The molecule has 4 nitrogen and oxygen atoms in total. The molecule has 0 atom stereocenters. The van der Waals surface area contributed by atoms with E-state index in [1.165, 1.54) is 0 Å². The van der Waals surface area contributed by atoms with Crippen molar-refractivity contribution in [1.82, 2.24) is 19.7 Å². The summed E-state index contributed by atoms with van der Waals surface area (Å²) in [4.78, 5) is 9.14. The molecule has 21 heavy (non-hydrogen) atoms. The highest BCUT2D eigenvalue weighted by Gasteiger charge is 2.14. The summed E-state index contributed by atoms with van der Waals surface area (Å²) < 4.78 is 1.86. The standard InChI is InChI=1S/C16H17ClN4/c1-3-14-19-15(4-2)21(20-14)16-13-8-6-5-7-12(13)11(9-17)10-18-16/h5-8,10H,3-4,9H2,1-2H3. The molecule has 0 saturated carbocycles. The Morgan fingerprint density at radius 2 is 1.86 bits per heavy atom. The van der Waals surface area contributed by atoms with Gasteiger partial charge in [-0.1, -0.05) is 38.1 Å². The molecule has 108 valence electrons. The van der Waals surface area contributed by atoms with Gasteiger partial charge >= 0.3 is 0 Å². The van der Waals surface area contributed by atoms with E-state index in [-0.39, 0.29) is 0 Å². The van der Waals surface area contributed by atoms with Crippen LogP contribution in [0.3, 0.4) is 0 Å². The van der Waals surface area contributed by atoms with Crippen LogP contribution in [0.1, 0.15) is 31.1 Å². The molecule has 0 aliphatic heterocycles. The van der Waals surface area contributed by atoms with E-state index in [9.17, 15) is 0 Å². The highest BCUT2D eigenvalue weighted by Crippen LogP contribution is 2.25. The van der Waals surface area contributed by atoms with Crippen molar-refractivity contribution in [3.8, 4) is 5.82 Å². The molecule has 5 heteroatoms. The number of hydrogen-bond acceptors (Lipinski definition) is 3. The van der Waals surface area contributed by atoms with Gasteiger partial charge in [-0.15, -0.1) is 16.7 Å². The van der Waals surface area contributed by atoms with Crippen LogP contribution in [-0.4, -0.2) is 19.7 Å². The van der Waals surface area contributed by atoms with Gasteiger partial charge in [-0.05, 0) is 10.9 Å². The Bertz CT molecular complexity index is 779. The molecule has 3 aromatic rings. The molecule has 0 aliphatic carbocycles. The minimum Gasteiger partial charge on any atom is -0.236 e. The molecule has 0 N–H and O–H groups in total. The quantitative estimate of drug-likeness (QED) is 0.690. The number of nitrogens with zero attached hydrogens (tertiary/aromatic N) is 4. The van der Waals surface area contributed by atoms with Gasteiger partial charge in [-0.25, -0.2) is 9.97 Å². The topological polar surface area (TPSA) is 43.6 Å². The van der Waals surface area contributed by atoms with E-state index in [0.29, 0.717) is 5.88 Å². The van der Waals surface area contributed by atoms with E-state index in [2.05, 4.69) is 41.0 Å². The van der Waals surface area contributed by atoms with E-state index in [4.69, 9.17) is 11.6 Å². The molecule has 3 rings (SSSR count). The van der Waals surface area contributed by atoms with Gasteiger partial charge in [-0.2, -0.15) is 4.68 Å². The van der Waals surface area contributed by atoms with Gasteiger partial charge in [0.25, 0.3) is 0 Å². The normalized spacial score (nSPS) is 11.2. The Morgan fingerprint density at radius 3 is 2.52 bits per heavy atom. The summed E-state index contributed by atoms with van der Waals surface area (Å²) >= 11 is 6.01. The second-order valence-electron chi connectivity index (χ2n) is 4.85. The molecule has 0 fully saturated rings. The van der Waals surface area contributed by atoms with E-state index < -0.39 is 0 Å². The van der Waals surface area contributed by atoms with Gasteiger partial charge in [0.15, 0.2) is 11.6 Å². The van der Waals surface area contributed by atoms with E-state index in [1.807, 2.05) is 23.0 Å². The van der Waals surface area contributed by atoms with Gasteiger partial charge < -0.3 is 0 Å². The monoisotopic (exact) mass is 300 g/mol. The van der Waals surface area contributed by atoms with E-state index >= 15 is 0 Å². The number of aryl methyl sites for hydroxylation is 2. The Morgan fingerprint density at radius 1 is 1.10 bits per heavy atom. The van der Waals surface area contributed by atoms with Crippen molar-refractivity contribution in [2.45, 2.75) is 32.6 Å². The van der Waals surface area contributed by atoms with Crippen LogP contribution in [0.15, 0.2) is 30.5 Å². The highest BCUT2D eigenvalue weighted by molar-refractivity contribution is 6.18. The number of halogens is 1. The number of alkyl halides is 1. The number of rotatable bonds is 4. The molecule has 0 aliphatic rings. The first-order chi connectivity index (χ1) is 10.3. The molecule has 0 unspecified atom stereocenters. The summed E-state index contributed by atoms with van der Waals surface area (Å²) in [6, 6.07) is 8.15. The number of aromatic nitrogens is 4. The number of benzene rings is 1. The maximum Gasteiger partial charge on any atom is 0.163 e. The molecular weight excluding hydrogens is 284 g/mol. The minimum atomic E-state index is 0.450. The third kappa shape index (κ3) is 2.40. The fourth-order valence-electron chi connectivity index (χ4n) is 2.45. The summed E-state index contributed by atoms with van der Waals surface area (Å²) in [6.07, 6.45) is 3.47. The third-order valence-corrected chi connectivity index (χ3v) is 3.84. The van der Waals surface area contributed by atoms with Crippen molar-refractivity contribution in [3.05, 3.63) is 47.7 Å². The molecule has 0 spiro atoms. The molecule has 0 bridgehead atoms. The molecule has 0 radical (unpaired) electrons. The second-order valence-corrected chi connectivity index (χ2v) is 5.12. The number of fused-ring (bicyclic) bond motifs is 1. The number of pyridine rings is 1. The third-order valence-electron chi connectivity index (χ3n) is 3.55. The molecule has 2 heterocycles. The lowest BCUT2D eigenvalue weighted by Crippen LogP contribution is -2.06. The maximum atomic E-state index is 6.01. The molecule has 0 saturated heterocycles. The molecule has 0 amide bonds. The zero-order chi connectivity index (χ0) is 14.8. The first-order valence-corrected chi connectivity index (χ1v) is 7.69. The Balaban J connectivity index is 2.28. The van der Waals surface area contributed by atoms with Crippen molar-refractivity contribution in [2.24, 2.45) is 0 Å². The predicted octanol–water partition coefficient (Wildman–Crippen LogP) is 3.68. The van der Waals surface area contributed by atoms with Crippen LogP contribution in [0.2, 0.25) is 0 Å². The van der Waals surface area contributed by atoms with Gasteiger partial charge in [0.2, 0.25) is 0 Å². The van der Waals surface area contributed by atoms with Crippen LogP contribution in [0.5, 0.6) is 0 Å². The Hall–Kier alpha value is -1.94. The smallest absolute Gasteiger partial charge is 0.163 e. The summed E-state index contributed by atoms with van der Waals surface area (Å²) in [5, 5.41) is 6.76. The van der Waals surface area contributed by atoms with Gasteiger partial charge in [0, 0.05) is 30.3 Å². The average Bonchev–Trinajstić information content (AvgIpc) is 2.97. The lowest BCUT2D eigenvalue weighted by molar-refractivity contribution is 0.775. The molecule has 2 aromatic heterocycles. The van der Waals surface area contributed by atoms with Crippen molar-refractivity contribution >= 4 is 22.4 Å². The Labute approximate surface area is 128 Å². The van der Waals surface area contributed by atoms with Crippen molar-refractivity contribution in [2.75, 3.05) is 0 Å². The minimum absolute atomic E-state index is 0.450. The zero-order valence-electron chi connectivity index (χ0n) is 12.2. The van der Waals surface area contributed by atoms with E-state index in [0.717, 1.165) is 46.6 Å². The maximum absolute atomic E-state index is 6.01. The lowest BCUT2D eigenvalue weighted by atomic mass is 10.1. The van der Waals surface area contributed by atoms with Crippen LogP contribution >= 0.6 is 11.6 Å². The summed E-state index contributed by atoms with van der Waals surface area (Å²) in [5.41, 5.74) is 1.03. The van der Waals surface area contributed by atoms with Gasteiger partial charge in [0.1, 0.15) is 5.82 Å². The van der Waals surface area contributed by atoms with Gasteiger partial charge in [-0.3, -0.25) is 0 Å². The number of hydrogen-bond donors (Lipinski definition) is 0. The lowest BCUT2D eigenvalue weighted by Gasteiger charge is -2.10. The van der Waals surface area contributed by atoms with Crippen molar-refractivity contribution in [1.29, 1.82) is 0 Å². The van der Waals surface area contributed by atoms with Crippen molar-refractivity contribution < 1.29 is 0 Å². The fraction of sp³-hybridized carbons (Fsp3) is 0.312. The van der Waals surface area contributed by atoms with Crippen LogP contribution < -0.4 is 0 Å². The fourth-order valence-corrected chi connectivity index (χ4v) is 2.66. The average molecular weight is 301 g/mol. The first-order valence-electron chi connectivity index (χ1n) is 7.16. The Kier molecular flexibility index (Phi) is 3.88. The predicted molar refractivity (Wildman–Crippen MR) is 85.0 cm³/mol. The van der Waals surface area contributed by atoms with Crippen LogP contribution in [-0.2, 0) is 18.7 Å². The summed E-state index contributed by atoms with van der Waals surface area (Å²) in [5.74, 6) is 3.05. The van der Waals surface area contributed by atoms with E-state index in [1.54, 1.807) is 0 Å². The largest absolute Gasteiger partial charge is 0.236 e. The van der Waals surface area contributed by atoms with Crippen LogP contribution in [0.25, 0.3) is 16.6 Å². The summed E-state index contributed by atoms with van der Waals surface area (Å²) in [6.45, 7) is 4.14. The first kappa shape index (κ1) is 14.0. The molecular formula is C16H17ClN4. The highest BCUT2D eigenvalue weighted by atomic mass is 35.5. The SMILES string of the molecule is CCc1nc(CC)n(-c2ncc(CCl)c3ccccc23)n1. The van der Waals surface area contributed by atoms with Crippen LogP contribution in [0, 0.1) is 0 Å². The second kappa shape index (κ2) is 5.82. The molecule has 1 aromatic carbocycles. The van der Waals surface area contributed by atoms with Crippen LogP contribution in [0.4, 0.5) is 0 Å².